The molecule has 3 rings (SSSR count). The Labute approximate surface area is 185 Å². The van der Waals surface area contributed by atoms with E-state index in [0.717, 1.165) is 12.0 Å². The van der Waals surface area contributed by atoms with Gasteiger partial charge in [0.25, 0.3) is 5.91 Å². The fraction of sp³-hybridized carbons (Fsp3) is 0.227. The molecule has 150 valence electrons. The Balaban J connectivity index is 1.53. The summed E-state index contributed by atoms with van der Waals surface area (Å²) in [4.78, 5) is 27.0. The summed E-state index contributed by atoms with van der Waals surface area (Å²) in [5.74, 6) is -0.223. The van der Waals surface area contributed by atoms with Crippen LogP contribution in [-0.4, -0.2) is 27.6 Å². The monoisotopic (exact) mass is 444 g/mol. The minimum absolute atomic E-state index is 0.102. The Morgan fingerprint density at radius 2 is 2.00 bits per heavy atom. The van der Waals surface area contributed by atoms with Gasteiger partial charge in [-0.1, -0.05) is 72.8 Å². The molecule has 1 heterocycles. The maximum absolute atomic E-state index is 12.7. The molecule has 0 bridgehead atoms. The van der Waals surface area contributed by atoms with Crippen molar-refractivity contribution in [2.45, 2.75) is 26.2 Å². The van der Waals surface area contributed by atoms with Crippen LogP contribution in [0.1, 0.15) is 30.9 Å². The summed E-state index contributed by atoms with van der Waals surface area (Å²) in [6.45, 7) is 2.52. The Morgan fingerprint density at radius 3 is 2.69 bits per heavy atom. The SMILES string of the molecule is CCc1ccc(C=C2SC(=S)N(CCCC(=O)Nc3cccc(Cl)c3)C2=O)cc1. The van der Waals surface area contributed by atoms with E-state index in [-0.39, 0.29) is 11.8 Å². The zero-order valence-electron chi connectivity index (χ0n) is 16.0. The number of amides is 2. The van der Waals surface area contributed by atoms with E-state index in [0.29, 0.717) is 39.3 Å². The van der Waals surface area contributed by atoms with Crippen molar-refractivity contribution in [3.8, 4) is 0 Å². The van der Waals surface area contributed by atoms with Crippen LogP contribution in [0.4, 0.5) is 5.69 Å². The lowest BCUT2D eigenvalue weighted by Crippen LogP contribution is -2.29. The third-order valence-corrected chi connectivity index (χ3v) is 6.07. The average Bonchev–Trinajstić information content (AvgIpc) is 2.96. The summed E-state index contributed by atoms with van der Waals surface area (Å²) in [6.07, 6.45) is 3.66. The van der Waals surface area contributed by atoms with Crippen molar-refractivity contribution < 1.29 is 9.59 Å². The summed E-state index contributed by atoms with van der Waals surface area (Å²) in [6, 6.07) is 15.1. The minimum Gasteiger partial charge on any atom is -0.326 e. The van der Waals surface area contributed by atoms with Gasteiger partial charge < -0.3 is 5.32 Å². The lowest BCUT2D eigenvalue weighted by atomic mass is 10.1. The van der Waals surface area contributed by atoms with Crippen molar-refractivity contribution in [2.24, 2.45) is 0 Å². The number of nitrogens with one attached hydrogen (secondary N) is 1. The molecule has 1 aliphatic rings. The largest absolute Gasteiger partial charge is 0.326 e. The average molecular weight is 445 g/mol. The van der Waals surface area contributed by atoms with Crippen LogP contribution in [0.3, 0.4) is 0 Å². The van der Waals surface area contributed by atoms with Gasteiger partial charge in [0.1, 0.15) is 4.32 Å². The lowest BCUT2D eigenvalue weighted by molar-refractivity contribution is -0.122. The standard InChI is InChI=1S/C22H21ClN2O2S2/c1-2-15-8-10-16(11-9-15)13-19-21(27)25(22(28)29-19)12-4-7-20(26)24-18-6-3-5-17(23)14-18/h3,5-6,8-11,13-14H,2,4,7,12H2,1H3,(H,24,26). The first-order valence-electron chi connectivity index (χ1n) is 9.36. The first kappa shape index (κ1) is 21.6. The van der Waals surface area contributed by atoms with Gasteiger partial charge in [-0.15, -0.1) is 0 Å². The number of aryl methyl sites for hydroxylation is 1. The van der Waals surface area contributed by atoms with E-state index in [1.807, 2.05) is 18.2 Å². The quantitative estimate of drug-likeness (QED) is 0.451. The molecule has 4 nitrogen and oxygen atoms in total. The van der Waals surface area contributed by atoms with Gasteiger partial charge in [0, 0.05) is 23.7 Å². The molecule has 0 unspecified atom stereocenters. The molecule has 2 aromatic carbocycles. The van der Waals surface area contributed by atoms with Gasteiger partial charge in [0.15, 0.2) is 0 Å². The summed E-state index contributed by atoms with van der Waals surface area (Å²) < 4.78 is 0.529. The second kappa shape index (κ2) is 10.1. The van der Waals surface area contributed by atoms with Gasteiger partial charge in [-0.3, -0.25) is 14.5 Å². The molecule has 0 aromatic heterocycles. The Hall–Kier alpha value is -2.15. The van der Waals surface area contributed by atoms with E-state index in [1.165, 1.54) is 17.3 Å². The minimum atomic E-state index is -0.121. The van der Waals surface area contributed by atoms with Crippen LogP contribution in [-0.2, 0) is 16.0 Å². The van der Waals surface area contributed by atoms with E-state index in [1.54, 1.807) is 29.2 Å². The van der Waals surface area contributed by atoms with Crippen molar-refractivity contribution in [2.75, 3.05) is 11.9 Å². The number of carbonyl (C=O) groups excluding carboxylic acids is 2. The molecule has 2 aromatic rings. The Kier molecular flexibility index (Phi) is 7.47. The molecule has 1 fully saturated rings. The second-order valence-electron chi connectivity index (χ2n) is 6.59. The van der Waals surface area contributed by atoms with Gasteiger partial charge >= 0.3 is 0 Å². The van der Waals surface area contributed by atoms with Gasteiger partial charge in [-0.25, -0.2) is 0 Å². The number of benzene rings is 2. The smallest absolute Gasteiger partial charge is 0.266 e. The number of thioether (sulfide) groups is 1. The van der Waals surface area contributed by atoms with Gasteiger partial charge in [0.05, 0.1) is 4.91 Å². The van der Waals surface area contributed by atoms with Gasteiger partial charge in [-0.2, -0.15) is 0 Å². The summed E-state index contributed by atoms with van der Waals surface area (Å²) in [7, 11) is 0. The molecular formula is C22H21ClN2O2S2. The molecule has 0 spiro atoms. The fourth-order valence-electron chi connectivity index (χ4n) is 2.88. The molecule has 1 N–H and O–H groups in total. The summed E-state index contributed by atoms with van der Waals surface area (Å²) >= 11 is 12.6. The molecule has 0 atom stereocenters. The van der Waals surface area contributed by atoms with Crippen molar-refractivity contribution in [1.82, 2.24) is 4.90 Å². The lowest BCUT2D eigenvalue weighted by Gasteiger charge is -2.14. The third-order valence-electron chi connectivity index (χ3n) is 4.45. The summed E-state index contributed by atoms with van der Waals surface area (Å²) in [5.41, 5.74) is 2.89. The van der Waals surface area contributed by atoms with E-state index >= 15 is 0 Å². The Morgan fingerprint density at radius 1 is 1.24 bits per heavy atom. The zero-order valence-corrected chi connectivity index (χ0v) is 18.4. The maximum atomic E-state index is 12.7. The first-order chi connectivity index (χ1) is 14.0. The summed E-state index contributed by atoms with van der Waals surface area (Å²) in [5, 5.41) is 3.37. The van der Waals surface area contributed by atoms with Crippen LogP contribution in [0, 0.1) is 0 Å². The number of hydrogen-bond acceptors (Lipinski definition) is 4. The van der Waals surface area contributed by atoms with Crippen LogP contribution in [0.2, 0.25) is 5.02 Å². The van der Waals surface area contributed by atoms with E-state index in [9.17, 15) is 9.59 Å². The van der Waals surface area contributed by atoms with Gasteiger partial charge in [-0.05, 0) is 48.2 Å². The third kappa shape index (κ3) is 5.92. The highest BCUT2D eigenvalue weighted by atomic mass is 35.5. The fourth-order valence-corrected chi connectivity index (χ4v) is 4.38. The van der Waals surface area contributed by atoms with Crippen molar-refractivity contribution in [3.63, 3.8) is 0 Å². The molecule has 0 saturated carbocycles. The topological polar surface area (TPSA) is 49.4 Å². The molecule has 1 aliphatic heterocycles. The van der Waals surface area contributed by atoms with Crippen LogP contribution < -0.4 is 5.32 Å². The molecular weight excluding hydrogens is 424 g/mol. The first-order valence-corrected chi connectivity index (χ1v) is 11.0. The number of anilines is 1. The Bertz CT molecular complexity index is 958. The normalized spacial score (nSPS) is 15.2. The molecule has 2 amide bonds. The molecule has 1 saturated heterocycles. The highest BCUT2D eigenvalue weighted by Crippen LogP contribution is 2.32. The molecule has 0 aliphatic carbocycles. The van der Waals surface area contributed by atoms with Crippen molar-refractivity contribution in [3.05, 3.63) is 69.6 Å². The van der Waals surface area contributed by atoms with Crippen molar-refractivity contribution >= 4 is 63.5 Å². The number of halogens is 1. The van der Waals surface area contributed by atoms with Crippen molar-refractivity contribution in [1.29, 1.82) is 0 Å². The van der Waals surface area contributed by atoms with E-state index < -0.39 is 0 Å². The van der Waals surface area contributed by atoms with Crippen LogP contribution in [0.5, 0.6) is 0 Å². The predicted octanol–water partition coefficient (Wildman–Crippen LogP) is 5.52. The molecule has 29 heavy (non-hydrogen) atoms. The molecule has 0 radical (unpaired) electrons. The van der Waals surface area contributed by atoms with E-state index in [4.69, 9.17) is 23.8 Å². The van der Waals surface area contributed by atoms with Crippen LogP contribution in [0.15, 0.2) is 53.4 Å². The van der Waals surface area contributed by atoms with Crippen LogP contribution >= 0.6 is 35.6 Å². The van der Waals surface area contributed by atoms with Gasteiger partial charge in [0.2, 0.25) is 5.91 Å². The number of nitrogens with zero attached hydrogens (tertiary/aromatic N) is 1. The highest BCUT2D eigenvalue weighted by molar-refractivity contribution is 8.26. The number of hydrogen-bond donors (Lipinski definition) is 1. The van der Waals surface area contributed by atoms with Crippen LogP contribution in [0.25, 0.3) is 6.08 Å². The second-order valence-corrected chi connectivity index (χ2v) is 8.70. The maximum Gasteiger partial charge on any atom is 0.266 e. The predicted molar refractivity (Wildman–Crippen MR) is 125 cm³/mol. The number of rotatable bonds is 7. The number of thiocarbonyl (C=S) groups is 1. The van der Waals surface area contributed by atoms with E-state index in [2.05, 4.69) is 24.4 Å². The molecule has 7 heteroatoms. The number of carbonyl (C=O) groups is 2. The zero-order chi connectivity index (χ0) is 20.8. The highest BCUT2D eigenvalue weighted by Gasteiger charge is 2.31.